The Morgan fingerprint density at radius 1 is 1.45 bits per heavy atom. The molecule has 0 spiro atoms. The average Bonchev–Trinajstić information content (AvgIpc) is 2.74. The molecule has 1 heterocycles. The fraction of sp³-hybridized carbons (Fsp3) is 0.133. The van der Waals surface area contributed by atoms with Crippen LogP contribution in [0.2, 0.25) is 0 Å². The van der Waals surface area contributed by atoms with Gasteiger partial charge in [0.1, 0.15) is 16.7 Å². The SMILES string of the molecule is C=CCN1C(=O)/C(=C/c2ccccc2OCC(=O)[O-])SC1=S. The van der Waals surface area contributed by atoms with Gasteiger partial charge in [-0.25, -0.2) is 0 Å². The number of benzene rings is 1. The minimum absolute atomic E-state index is 0.204. The van der Waals surface area contributed by atoms with Crippen LogP contribution in [0.3, 0.4) is 0 Å². The molecule has 1 aromatic rings. The number of carboxylic acid groups (broad SMARTS) is 1. The number of thiocarbonyl (C=S) groups is 1. The van der Waals surface area contributed by atoms with Crippen LogP contribution in [0, 0.1) is 0 Å². The molecule has 0 N–H and O–H groups in total. The lowest BCUT2D eigenvalue weighted by Crippen LogP contribution is -2.29. The number of ether oxygens (including phenoxy) is 1. The molecule has 2 rings (SSSR count). The molecule has 7 heteroatoms. The maximum Gasteiger partial charge on any atom is 0.266 e. The van der Waals surface area contributed by atoms with Crippen molar-refractivity contribution in [3.63, 3.8) is 0 Å². The number of carboxylic acids is 1. The molecule has 0 unspecified atom stereocenters. The Labute approximate surface area is 137 Å². The zero-order valence-corrected chi connectivity index (χ0v) is 13.1. The third-order valence-corrected chi connectivity index (χ3v) is 4.11. The predicted molar refractivity (Wildman–Crippen MR) is 87.0 cm³/mol. The van der Waals surface area contributed by atoms with Crippen LogP contribution in [0.5, 0.6) is 5.75 Å². The Bertz CT molecular complexity index is 669. The van der Waals surface area contributed by atoms with Crippen molar-refractivity contribution in [1.82, 2.24) is 4.90 Å². The number of carbonyl (C=O) groups excluding carboxylic acids is 2. The molecule has 1 saturated heterocycles. The molecule has 0 aliphatic carbocycles. The third kappa shape index (κ3) is 3.75. The van der Waals surface area contributed by atoms with Gasteiger partial charge in [0.2, 0.25) is 0 Å². The Balaban J connectivity index is 2.26. The fourth-order valence-corrected chi connectivity index (χ4v) is 3.06. The number of amides is 1. The van der Waals surface area contributed by atoms with Crippen LogP contribution in [0.4, 0.5) is 0 Å². The van der Waals surface area contributed by atoms with Crippen molar-refractivity contribution in [2.75, 3.05) is 13.2 Å². The second-order valence-corrected chi connectivity index (χ2v) is 5.96. The number of thioether (sulfide) groups is 1. The van der Waals surface area contributed by atoms with E-state index in [-0.39, 0.29) is 5.91 Å². The molecule has 1 fully saturated rings. The lowest BCUT2D eigenvalue weighted by atomic mass is 10.2. The third-order valence-electron chi connectivity index (χ3n) is 2.74. The van der Waals surface area contributed by atoms with Gasteiger partial charge in [-0.05, 0) is 12.1 Å². The van der Waals surface area contributed by atoms with Gasteiger partial charge in [0.05, 0.1) is 10.9 Å². The molecule has 0 saturated carbocycles. The van der Waals surface area contributed by atoms with Crippen LogP contribution in [0.1, 0.15) is 5.56 Å². The summed E-state index contributed by atoms with van der Waals surface area (Å²) in [4.78, 5) is 24.6. The van der Waals surface area contributed by atoms with E-state index in [1.807, 2.05) is 0 Å². The lowest BCUT2D eigenvalue weighted by molar-refractivity contribution is -0.307. The zero-order chi connectivity index (χ0) is 16.1. The molecule has 0 atom stereocenters. The summed E-state index contributed by atoms with van der Waals surface area (Å²) in [6.07, 6.45) is 3.23. The first-order chi connectivity index (χ1) is 10.5. The highest BCUT2D eigenvalue weighted by molar-refractivity contribution is 8.26. The summed E-state index contributed by atoms with van der Waals surface area (Å²) in [6.45, 7) is 3.39. The predicted octanol–water partition coefficient (Wildman–Crippen LogP) is 1.20. The second kappa shape index (κ2) is 7.24. The van der Waals surface area contributed by atoms with Gasteiger partial charge in [-0.2, -0.15) is 0 Å². The van der Waals surface area contributed by atoms with Crippen molar-refractivity contribution in [3.8, 4) is 5.75 Å². The van der Waals surface area contributed by atoms with Gasteiger partial charge in [-0.1, -0.05) is 48.3 Å². The topological polar surface area (TPSA) is 69.7 Å². The first-order valence-corrected chi connectivity index (χ1v) is 7.53. The van der Waals surface area contributed by atoms with E-state index in [1.54, 1.807) is 36.4 Å². The summed E-state index contributed by atoms with van der Waals surface area (Å²) in [5.74, 6) is -1.16. The van der Waals surface area contributed by atoms with Crippen LogP contribution in [-0.4, -0.2) is 34.2 Å². The van der Waals surface area contributed by atoms with Gasteiger partial charge in [-0.15, -0.1) is 6.58 Å². The van der Waals surface area contributed by atoms with E-state index in [9.17, 15) is 14.7 Å². The average molecular weight is 334 g/mol. The van der Waals surface area contributed by atoms with E-state index in [0.717, 1.165) is 0 Å². The zero-order valence-electron chi connectivity index (χ0n) is 11.5. The normalized spacial score (nSPS) is 16.2. The van der Waals surface area contributed by atoms with Crippen LogP contribution in [0.15, 0.2) is 41.8 Å². The number of nitrogens with zero attached hydrogens (tertiary/aromatic N) is 1. The lowest BCUT2D eigenvalue weighted by Gasteiger charge is -2.11. The molecule has 1 aliphatic heterocycles. The molecular weight excluding hydrogens is 322 g/mol. The van der Waals surface area contributed by atoms with E-state index in [1.165, 1.54) is 16.7 Å². The van der Waals surface area contributed by atoms with Crippen LogP contribution in [-0.2, 0) is 9.59 Å². The minimum Gasteiger partial charge on any atom is -0.546 e. The molecule has 114 valence electrons. The number of hydrogen-bond acceptors (Lipinski definition) is 6. The van der Waals surface area contributed by atoms with Crippen molar-refractivity contribution < 1.29 is 19.4 Å². The number of para-hydroxylation sites is 1. The number of carbonyl (C=O) groups is 2. The molecule has 22 heavy (non-hydrogen) atoms. The van der Waals surface area contributed by atoms with E-state index >= 15 is 0 Å². The Kier molecular flexibility index (Phi) is 5.35. The maximum atomic E-state index is 12.2. The molecule has 0 radical (unpaired) electrons. The number of aliphatic carboxylic acids is 1. The summed E-state index contributed by atoms with van der Waals surface area (Å²) in [6, 6.07) is 6.83. The first kappa shape index (κ1) is 16.3. The largest absolute Gasteiger partial charge is 0.546 e. The van der Waals surface area contributed by atoms with E-state index in [4.69, 9.17) is 17.0 Å². The summed E-state index contributed by atoms with van der Waals surface area (Å²) in [7, 11) is 0. The number of rotatable bonds is 6. The van der Waals surface area contributed by atoms with Crippen molar-refractivity contribution in [3.05, 3.63) is 47.4 Å². The highest BCUT2D eigenvalue weighted by Crippen LogP contribution is 2.34. The Hall–Kier alpha value is -2.12. The first-order valence-electron chi connectivity index (χ1n) is 6.31. The van der Waals surface area contributed by atoms with Crippen molar-refractivity contribution in [1.29, 1.82) is 0 Å². The highest BCUT2D eigenvalue weighted by atomic mass is 32.2. The van der Waals surface area contributed by atoms with Crippen molar-refractivity contribution >= 4 is 46.3 Å². The summed E-state index contributed by atoms with van der Waals surface area (Å²) in [5.41, 5.74) is 0.600. The van der Waals surface area contributed by atoms with Gasteiger partial charge < -0.3 is 14.6 Å². The van der Waals surface area contributed by atoms with Gasteiger partial charge in [0.15, 0.2) is 0 Å². The minimum atomic E-state index is -1.31. The van der Waals surface area contributed by atoms with Crippen molar-refractivity contribution in [2.45, 2.75) is 0 Å². The van der Waals surface area contributed by atoms with E-state index in [0.29, 0.717) is 27.1 Å². The quantitative estimate of drug-likeness (QED) is 0.442. The monoisotopic (exact) mass is 334 g/mol. The fourth-order valence-electron chi connectivity index (χ4n) is 1.80. The van der Waals surface area contributed by atoms with Gasteiger partial charge in [-0.3, -0.25) is 9.69 Å². The molecule has 0 aromatic heterocycles. The van der Waals surface area contributed by atoms with Gasteiger partial charge in [0, 0.05) is 12.1 Å². The molecule has 1 amide bonds. The Morgan fingerprint density at radius 3 is 2.86 bits per heavy atom. The summed E-state index contributed by atoms with van der Waals surface area (Å²) in [5, 5.41) is 10.5. The summed E-state index contributed by atoms with van der Waals surface area (Å²) < 4.78 is 5.62. The Morgan fingerprint density at radius 2 is 2.18 bits per heavy atom. The standard InChI is InChI=1S/C15H13NO4S2/c1-2-7-16-14(19)12(22-15(16)21)8-10-5-3-4-6-11(10)20-9-13(17)18/h2-6,8H,1,7,9H2,(H,17,18)/p-1/b12-8-. The molecule has 5 nitrogen and oxygen atoms in total. The van der Waals surface area contributed by atoms with E-state index in [2.05, 4.69) is 6.58 Å². The maximum absolute atomic E-state index is 12.2. The molecular formula is C15H12NO4S2-. The second-order valence-electron chi connectivity index (χ2n) is 4.28. The van der Waals surface area contributed by atoms with E-state index < -0.39 is 12.6 Å². The van der Waals surface area contributed by atoms with Crippen LogP contribution >= 0.6 is 24.0 Å². The van der Waals surface area contributed by atoms with Crippen LogP contribution < -0.4 is 9.84 Å². The van der Waals surface area contributed by atoms with Gasteiger partial charge in [0.25, 0.3) is 5.91 Å². The highest BCUT2D eigenvalue weighted by Gasteiger charge is 2.31. The van der Waals surface area contributed by atoms with Crippen LogP contribution in [0.25, 0.3) is 6.08 Å². The summed E-state index contributed by atoms with van der Waals surface area (Å²) >= 11 is 6.34. The smallest absolute Gasteiger partial charge is 0.266 e. The molecule has 1 aromatic carbocycles. The molecule has 0 bridgehead atoms. The molecule has 1 aliphatic rings. The van der Waals surface area contributed by atoms with Gasteiger partial charge >= 0.3 is 0 Å². The number of hydrogen-bond donors (Lipinski definition) is 0. The van der Waals surface area contributed by atoms with Crippen molar-refractivity contribution in [2.24, 2.45) is 0 Å².